The maximum absolute atomic E-state index is 11.9. The maximum Gasteiger partial charge on any atom is 0.311 e. The van der Waals surface area contributed by atoms with Crippen molar-refractivity contribution in [2.24, 2.45) is 0 Å². The smallest absolute Gasteiger partial charge is 0.311 e. The lowest BCUT2D eigenvalue weighted by molar-refractivity contribution is -0.148. The summed E-state index contributed by atoms with van der Waals surface area (Å²) in [4.78, 5) is 24.5. The molecule has 0 bridgehead atoms. The zero-order valence-corrected chi connectivity index (χ0v) is 12.9. The van der Waals surface area contributed by atoms with Crippen LogP contribution in [0.1, 0.15) is 25.0 Å². The predicted octanol–water partition coefficient (Wildman–Crippen LogP) is 2.25. The Labute approximate surface area is 132 Å². The molecule has 1 atom stereocenters. The molecular weight excluding hydrogens is 302 g/mol. The van der Waals surface area contributed by atoms with Crippen molar-refractivity contribution in [1.82, 2.24) is 15.0 Å². The van der Waals surface area contributed by atoms with Crippen molar-refractivity contribution in [3.05, 3.63) is 29.5 Å². The van der Waals surface area contributed by atoms with Gasteiger partial charge in [-0.15, -0.1) is 11.3 Å². The number of nitrogens with zero attached hydrogens (tertiary/aromatic N) is 3. The first-order valence-corrected chi connectivity index (χ1v) is 8.18. The molecule has 1 fully saturated rings. The number of hydrogen-bond donors (Lipinski definition) is 0. The summed E-state index contributed by atoms with van der Waals surface area (Å²) in [6.45, 7) is 1.09. The Balaban J connectivity index is 1.50. The van der Waals surface area contributed by atoms with E-state index in [0.29, 0.717) is 23.1 Å². The Kier molecular flexibility index (Phi) is 5.07. The van der Waals surface area contributed by atoms with Crippen molar-refractivity contribution in [3.8, 4) is 10.8 Å². The molecule has 3 rings (SSSR count). The number of rotatable bonds is 5. The molecule has 1 unspecified atom stereocenters. The SMILES string of the molecule is O=C(Cc1csc(-c2ncccn2)n1)OCC1CCCCO1. The molecule has 2 aromatic heterocycles. The average Bonchev–Trinajstić information content (AvgIpc) is 3.03. The summed E-state index contributed by atoms with van der Waals surface area (Å²) < 4.78 is 10.8. The third kappa shape index (κ3) is 4.08. The van der Waals surface area contributed by atoms with Crippen LogP contribution in [-0.2, 0) is 20.7 Å². The molecule has 0 spiro atoms. The Morgan fingerprint density at radius 3 is 3.00 bits per heavy atom. The quantitative estimate of drug-likeness (QED) is 0.787. The lowest BCUT2D eigenvalue weighted by Crippen LogP contribution is -2.26. The molecule has 1 saturated heterocycles. The van der Waals surface area contributed by atoms with E-state index in [4.69, 9.17) is 9.47 Å². The molecule has 0 aromatic carbocycles. The van der Waals surface area contributed by atoms with Crippen LogP contribution in [0.2, 0.25) is 0 Å². The molecule has 0 saturated carbocycles. The van der Waals surface area contributed by atoms with Gasteiger partial charge >= 0.3 is 5.97 Å². The molecule has 2 aromatic rings. The second-order valence-electron chi connectivity index (χ2n) is 5.06. The van der Waals surface area contributed by atoms with E-state index < -0.39 is 0 Å². The lowest BCUT2D eigenvalue weighted by Gasteiger charge is -2.21. The molecule has 1 aliphatic heterocycles. The van der Waals surface area contributed by atoms with Gasteiger partial charge in [-0.25, -0.2) is 15.0 Å². The second kappa shape index (κ2) is 7.42. The molecule has 6 nitrogen and oxygen atoms in total. The third-order valence-electron chi connectivity index (χ3n) is 3.34. The fourth-order valence-corrected chi connectivity index (χ4v) is 2.99. The molecule has 0 radical (unpaired) electrons. The van der Waals surface area contributed by atoms with Gasteiger partial charge in [-0.05, 0) is 25.3 Å². The molecule has 0 amide bonds. The van der Waals surface area contributed by atoms with Crippen LogP contribution in [-0.4, -0.2) is 40.2 Å². The van der Waals surface area contributed by atoms with Crippen LogP contribution >= 0.6 is 11.3 Å². The number of hydrogen-bond acceptors (Lipinski definition) is 7. The first kappa shape index (κ1) is 15.1. The molecule has 0 N–H and O–H groups in total. The van der Waals surface area contributed by atoms with Gasteiger partial charge in [0.05, 0.1) is 18.2 Å². The highest BCUT2D eigenvalue weighted by Crippen LogP contribution is 2.20. The molecule has 0 aliphatic carbocycles. The minimum atomic E-state index is -0.278. The van der Waals surface area contributed by atoms with Gasteiger partial charge < -0.3 is 9.47 Å². The summed E-state index contributed by atoms with van der Waals surface area (Å²) >= 11 is 1.42. The maximum atomic E-state index is 11.9. The second-order valence-corrected chi connectivity index (χ2v) is 5.92. The Bertz CT molecular complexity index is 612. The van der Waals surface area contributed by atoms with Gasteiger partial charge in [-0.2, -0.15) is 0 Å². The van der Waals surface area contributed by atoms with E-state index in [1.54, 1.807) is 18.5 Å². The van der Waals surface area contributed by atoms with Crippen molar-refractivity contribution < 1.29 is 14.3 Å². The van der Waals surface area contributed by atoms with Crippen LogP contribution in [0.25, 0.3) is 10.8 Å². The predicted molar refractivity (Wildman–Crippen MR) is 81.4 cm³/mol. The zero-order valence-electron chi connectivity index (χ0n) is 12.1. The van der Waals surface area contributed by atoms with Gasteiger partial charge in [0.25, 0.3) is 0 Å². The highest BCUT2D eigenvalue weighted by Gasteiger charge is 2.17. The molecule has 7 heteroatoms. The van der Waals surface area contributed by atoms with Crippen LogP contribution in [0.3, 0.4) is 0 Å². The Morgan fingerprint density at radius 2 is 2.23 bits per heavy atom. The highest BCUT2D eigenvalue weighted by atomic mass is 32.1. The van der Waals surface area contributed by atoms with Crippen molar-refractivity contribution in [3.63, 3.8) is 0 Å². The van der Waals surface area contributed by atoms with Gasteiger partial charge in [0.15, 0.2) is 10.8 Å². The van der Waals surface area contributed by atoms with Crippen molar-refractivity contribution in [1.29, 1.82) is 0 Å². The number of aromatic nitrogens is 3. The first-order chi connectivity index (χ1) is 10.8. The summed E-state index contributed by atoms with van der Waals surface area (Å²) in [5, 5.41) is 2.54. The summed E-state index contributed by atoms with van der Waals surface area (Å²) in [5.74, 6) is 0.294. The van der Waals surface area contributed by atoms with Crippen LogP contribution in [0.15, 0.2) is 23.8 Å². The topological polar surface area (TPSA) is 74.2 Å². The summed E-state index contributed by atoms with van der Waals surface area (Å²) in [5.41, 5.74) is 0.682. The minimum absolute atomic E-state index is 0.0430. The number of thiazole rings is 1. The van der Waals surface area contributed by atoms with E-state index >= 15 is 0 Å². The third-order valence-corrected chi connectivity index (χ3v) is 4.23. The number of esters is 1. The lowest BCUT2D eigenvalue weighted by atomic mass is 10.1. The Morgan fingerprint density at radius 1 is 1.36 bits per heavy atom. The number of carbonyl (C=O) groups is 1. The first-order valence-electron chi connectivity index (χ1n) is 7.30. The summed E-state index contributed by atoms with van der Waals surface area (Å²) in [6, 6.07) is 1.75. The van der Waals surface area contributed by atoms with Gasteiger partial charge in [-0.3, -0.25) is 4.79 Å². The Hall–Kier alpha value is -1.86. The van der Waals surface area contributed by atoms with Gasteiger partial charge in [0.1, 0.15) is 6.61 Å². The van der Waals surface area contributed by atoms with Crippen LogP contribution in [0, 0.1) is 0 Å². The zero-order chi connectivity index (χ0) is 15.2. The fraction of sp³-hybridized carbons (Fsp3) is 0.467. The van der Waals surface area contributed by atoms with Crippen molar-refractivity contribution in [2.45, 2.75) is 31.8 Å². The minimum Gasteiger partial charge on any atom is -0.463 e. The van der Waals surface area contributed by atoms with E-state index in [1.165, 1.54) is 11.3 Å². The number of ether oxygens (including phenoxy) is 2. The van der Waals surface area contributed by atoms with Crippen LogP contribution < -0.4 is 0 Å². The highest BCUT2D eigenvalue weighted by molar-refractivity contribution is 7.13. The van der Waals surface area contributed by atoms with Crippen molar-refractivity contribution >= 4 is 17.3 Å². The van der Waals surface area contributed by atoms with E-state index in [0.717, 1.165) is 25.9 Å². The van der Waals surface area contributed by atoms with Crippen molar-refractivity contribution in [2.75, 3.05) is 13.2 Å². The number of carbonyl (C=O) groups excluding carboxylic acids is 1. The molecule has 1 aliphatic rings. The van der Waals surface area contributed by atoms with E-state index in [9.17, 15) is 4.79 Å². The average molecular weight is 319 g/mol. The molecule has 22 heavy (non-hydrogen) atoms. The van der Waals surface area contributed by atoms with E-state index in [2.05, 4.69) is 15.0 Å². The van der Waals surface area contributed by atoms with Gasteiger partial charge in [0.2, 0.25) is 0 Å². The normalized spacial score (nSPS) is 18.1. The van der Waals surface area contributed by atoms with E-state index in [1.807, 2.05) is 5.38 Å². The van der Waals surface area contributed by atoms with Crippen LogP contribution in [0.5, 0.6) is 0 Å². The standard InChI is InChI=1S/C15H17N3O3S/c19-13(21-9-12-4-1-2-7-20-12)8-11-10-22-15(18-11)14-16-5-3-6-17-14/h3,5-6,10,12H,1-2,4,7-9H2. The molecule has 116 valence electrons. The monoisotopic (exact) mass is 319 g/mol. The fourth-order valence-electron chi connectivity index (χ4n) is 2.22. The van der Waals surface area contributed by atoms with Gasteiger partial charge in [-0.1, -0.05) is 0 Å². The van der Waals surface area contributed by atoms with Gasteiger partial charge in [0, 0.05) is 24.4 Å². The van der Waals surface area contributed by atoms with E-state index in [-0.39, 0.29) is 18.5 Å². The molecule has 3 heterocycles. The largest absolute Gasteiger partial charge is 0.463 e. The summed E-state index contributed by atoms with van der Waals surface area (Å²) in [6.07, 6.45) is 6.73. The molecular formula is C15H17N3O3S. The summed E-state index contributed by atoms with van der Waals surface area (Å²) in [7, 11) is 0. The van der Waals surface area contributed by atoms with Crippen LogP contribution in [0.4, 0.5) is 0 Å².